The van der Waals surface area contributed by atoms with E-state index >= 15 is 0 Å². The van der Waals surface area contributed by atoms with Crippen LogP contribution >= 0.6 is 0 Å². The molecule has 0 saturated carbocycles. The van der Waals surface area contributed by atoms with Gasteiger partial charge in [0.2, 0.25) is 0 Å². The molecule has 2 aromatic carbocycles. The molecule has 156 valence electrons. The van der Waals surface area contributed by atoms with Crippen molar-refractivity contribution >= 4 is 17.6 Å². The predicted octanol–water partition coefficient (Wildman–Crippen LogP) is 3.64. The van der Waals surface area contributed by atoms with Crippen molar-refractivity contribution in [2.45, 2.75) is 20.0 Å². The van der Waals surface area contributed by atoms with E-state index in [2.05, 4.69) is 10.1 Å². The van der Waals surface area contributed by atoms with Crippen LogP contribution in [0.5, 0.6) is 17.2 Å². The second-order valence-corrected chi connectivity index (χ2v) is 5.59. The minimum atomic E-state index is -3.03. The molecule has 29 heavy (non-hydrogen) atoms. The molecule has 0 aliphatic carbocycles. The van der Waals surface area contributed by atoms with E-state index < -0.39 is 25.1 Å². The molecule has 9 heteroatoms. The summed E-state index contributed by atoms with van der Waals surface area (Å²) >= 11 is 0. The average molecular weight is 409 g/mol. The number of para-hydroxylation sites is 2. The van der Waals surface area contributed by atoms with Crippen LogP contribution in [-0.2, 0) is 14.3 Å². The molecule has 0 unspecified atom stereocenters. The molecule has 0 heterocycles. The highest BCUT2D eigenvalue weighted by Crippen LogP contribution is 2.25. The Hall–Kier alpha value is -3.36. The number of carbonyl (C=O) groups excluding carboxylic acids is 2. The summed E-state index contributed by atoms with van der Waals surface area (Å²) in [5.74, 6) is -0.231. The monoisotopic (exact) mass is 409 g/mol. The summed E-state index contributed by atoms with van der Waals surface area (Å²) in [6.07, 6.45) is -0.0639. The molecule has 0 bridgehead atoms. The summed E-state index contributed by atoms with van der Waals surface area (Å²) in [5.41, 5.74) is 0.0488. The highest BCUT2D eigenvalue weighted by atomic mass is 19.3. The SMILES string of the molecule is CCOc1ccc(OCCC(=O)OCC(=O)Nc2ccccc2OC(F)F)cc1. The average Bonchev–Trinajstić information content (AvgIpc) is 2.69. The molecule has 0 aromatic heterocycles. The van der Waals surface area contributed by atoms with E-state index in [1.54, 1.807) is 24.3 Å². The molecule has 0 fully saturated rings. The number of rotatable bonds is 11. The molecule has 0 spiro atoms. The summed E-state index contributed by atoms with van der Waals surface area (Å²) in [6, 6.07) is 12.6. The number of amides is 1. The van der Waals surface area contributed by atoms with E-state index in [9.17, 15) is 18.4 Å². The van der Waals surface area contributed by atoms with Crippen molar-refractivity contribution in [2.24, 2.45) is 0 Å². The number of nitrogens with one attached hydrogen (secondary N) is 1. The van der Waals surface area contributed by atoms with Crippen LogP contribution in [0.15, 0.2) is 48.5 Å². The van der Waals surface area contributed by atoms with Crippen LogP contribution < -0.4 is 19.5 Å². The van der Waals surface area contributed by atoms with Crippen molar-refractivity contribution in [2.75, 3.05) is 25.1 Å². The number of carbonyl (C=O) groups is 2. The number of ether oxygens (including phenoxy) is 4. The molecule has 2 aromatic rings. The molecule has 0 radical (unpaired) electrons. The summed E-state index contributed by atoms with van der Waals surface area (Å²) in [6.45, 7) is -1.08. The molecule has 0 aliphatic heterocycles. The van der Waals surface area contributed by atoms with Gasteiger partial charge in [-0.2, -0.15) is 8.78 Å². The molecule has 1 amide bonds. The van der Waals surface area contributed by atoms with E-state index in [1.807, 2.05) is 6.92 Å². The number of anilines is 1. The smallest absolute Gasteiger partial charge is 0.387 e. The predicted molar refractivity (Wildman–Crippen MR) is 100 cm³/mol. The number of hydrogen-bond donors (Lipinski definition) is 1. The maximum Gasteiger partial charge on any atom is 0.387 e. The topological polar surface area (TPSA) is 83.1 Å². The van der Waals surface area contributed by atoms with Gasteiger partial charge in [-0.25, -0.2) is 0 Å². The van der Waals surface area contributed by atoms with Gasteiger partial charge in [0.25, 0.3) is 5.91 Å². The van der Waals surface area contributed by atoms with Gasteiger partial charge in [0.1, 0.15) is 17.2 Å². The summed E-state index contributed by atoms with van der Waals surface area (Å²) in [7, 11) is 0. The van der Waals surface area contributed by atoms with Gasteiger partial charge in [0, 0.05) is 0 Å². The molecular formula is C20H21F2NO6. The fourth-order valence-electron chi connectivity index (χ4n) is 2.22. The van der Waals surface area contributed by atoms with E-state index in [-0.39, 0.29) is 24.5 Å². The van der Waals surface area contributed by atoms with E-state index in [0.717, 1.165) is 0 Å². The lowest BCUT2D eigenvalue weighted by Crippen LogP contribution is -2.22. The number of alkyl halides is 2. The second-order valence-electron chi connectivity index (χ2n) is 5.59. The van der Waals surface area contributed by atoms with Gasteiger partial charge < -0.3 is 24.3 Å². The maximum atomic E-state index is 12.4. The maximum absolute atomic E-state index is 12.4. The van der Waals surface area contributed by atoms with Gasteiger partial charge in [-0.15, -0.1) is 0 Å². The van der Waals surface area contributed by atoms with Crippen LogP contribution in [0.1, 0.15) is 13.3 Å². The third kappa shape index (κ3) is 8.04. The van der Waals surface area contributed by atoms with Crippen molar-refractivity contribution in [1.29, 1.82) is 0 Å². The fourth-order valence-corrected chi connectivity index (χ4v) is 2.22. The Kier molecular flexibility index (Phi) is 8.68. The van der Waals surface area contributed by atoms with Gasteiger partial charge in [0.15, 0.2) is 6.61 Å². The lowest BCUT2D eigenvalue weighted by molar-refractivity contribution is -0.147. The highest BCUT2D eigenvalue weighted by Gasteiger charge is 2.13. The van der Waals surface area contributed by atoms with E-state index in [4.69, 9.17) is 14.2 Å². The van der Waals surface area contributed by atoms with Crippen LogP contribution in [0, 0.1) is 0 Å². The molecule has 7 nitrogen and oxygen atoms in total. The van der Waals surface area contributed by atoms with Crippen LogP contribution in [-0.4, -0.2) is 38.3 Å². The third-order valence-electron chi connectivity index (χ3n) is 3.45. The molecule has 0 aliphatic rings. The van der Waals surface area contributed by atoms with Crippen LogP contribution in [0.2, 0.25) is 0 Å². The number of hydrogen-bond acceptors (Lipinski definition) is 6. The zero-order valence-corrected chi connectivity index (χ0v) is 15.7. The fraction of sp³-hybridized carbons (Fsp3) is 0.300. The Morgan fingerprint density at radius 1 is 1.00 bits per heavy atom. The Labute approximate surface area is 166 Å². The molecule has 0 atom stereocenters. The first kappa shape index (κ1) is 21.9. The molecule has 0 saturated heterocycles. The van der Waals surface area contributed by atoms with Crippen LogP contribution in [0.3, 0.4) is 0 Å². The molecule has 2 rings (SSSR count). The second kappa shape index (κ2) is 11.5. The van der Waals surface area contributed by atoms with E-state index in [0.29, 0.717) is 18.1 Å². The lowest BCUT2D eigenvalue weighted by Gasteiger charge is -2.12. The standard InChI is InChI=1S/C20H21F2NO6/c1-2-26-14-7-9-15(10-8-14)27-12-11-19(25)28-13-18(24)23-16-5-3-4-6-17(16)29-20(21)22/h3-10,20H,2,11-13H2,1H3,(H,23,24). The van der Waals surface area contributed by atoms with Crippen molar-refractivity contribution in [1.82, 2.24) is 0 Å². The Morgan fingerprint density at radius 3 is 2.31 bits per heavy atom. The first-order valence-corrected chi connectivity index (χ1v) is 8.83. The minimum absolute atomic E-state index is 0.0488. The Balaban J connectivity index is 1.70. The highest BCUT2D eigenvalue weighted by molar-refractivity contribution is 5.94. The Bertz CT molecular complexity index is 798. The van der Waals surface area contributed by atoms with Crippen molar-refractivity contribution in [3.63, 3.8) is 0 Å². The normalized spacial score (nSPS) is 10.3. The van der Waals surface area contributed by atoms with Crippen molar-refractivity contribution in [3.05, 3.63) is 48.5 Å². The van der Waals surface area contributed by atoms with Crippen molar-refractivity contribution < 1.29 is 37.3 Å². The zero-order valence-electron chi connectivity index (χ0n) is 15.7. The quantitative estimate of drug-likeness (QED) is 0.571. The van der Waals surface area contributed by atoms with Gasteiger partial charge in [-0.05, 0) is 43.3 Å². The number of esters is 1. The third-order valence-corrected chi connectivity index (χ3v) is 3.45. The van der Waals surface area contributed by atoms with E-state index in [1.165, 1.54) is 24.3 Å². The van der Waals surface area contributed by atoms with Gasteiger partial charge in [0.05, 0.1) is 25.3 Å². The minimum Gasteiger partial charge on any atom is -0.494 e. The zero-order chi connectivity index (χ0) is 21.1. The van der Waals surface area contributed by atoms with Crippen LogP contribution in [0.25, 0.3) is 0 Å². The summed E-state index contributed by atoms with van der Waals surface area (Å²) in [4.78, 5) is 23.6. The first-order valence-electron chi connectivity index (χ1n) is 8.83. The largest absolute Gasteiger partial charge is 0.494 e. The Morgan fingerprint density at radius 2 is 1.66 bits per heavy atom. The van der Waals surface area contributed by atoms with Gasteiger partial charge in [-0.3, -0.25) is 9.59 Å². The molecular weight excluding hydrogens is 388 g/mol. The first-order chi connectivity index (χ1) is 14.0. The number of benzene rings is 2. The molecule has 1 N–H and O–H groups in total. The van der Waals surface area contributed by atoms with Gasteiger partial charge in [-0.1, -0.05) is 12.1 Å². The number of halogens is 2. The summed E-state index contributed by atoms with van der Waals surface area (Å²) < 4.78 is 44.6. The van der Waals surface area contributed by atoms with Crippen molar-refractivity contribution in [3.8, 4) is 17.2 Å². The summed E-state index contributed by atoms with van der Waals surface area (Å²) in [5, 5.41) is 2.35. The van der Waals surface area contributed by atoms with Crippen LogP contribution in [0.4, 0.5) is 14.5 Å². The lowest BCUT2D eigenvalue weighted by atomic mass is 10.3. The van der Waals surface area contributed by atoms with Gasteiger partial charge >= 0.3 is 12.6 Å².